The number of nitrogens with zero attached hydrogens (tertiary/aromatic N) is 1. The maximum Gasteiger partial charge on any atom is 0.124 e. The summed E-state index contributed by atoms with van der Waals surface area (Å²) in [6.45, 7) is 6.03. The Labute approximate surface area is 147 Å². The molecule has 0 atom stereocenters. The quantitative estimate of drug-likeness (QED) is 0.463. The largest absolute Gasteiger partial charge is 0.507 e. The summed E-state index contributed by atoms with van der Waals surface area (Å²) in [4.78, 5) is 4.13. The first-order chi connectivity index (χ1) is 12.1. The van der Waals surface area contributed by atoms with Gasteiger partial charge in [-0.3, -0.25) is 4.98 Å². The van der Waals surface area contributed by atoms with E-state index in [1.165, 1.54) is 0 Å². The van der Waals surface area contributed by atoms with Gasteiger partial charge in [0.05, 0.1) is 0 Å². The second-order valence-electron chi connectivity index (χ2n) is 5.74. The lowest BCUT2D eigenvalue weighted by atomic mass is 9.92. The van der Waals surface area contributed by atoms with Crippen molar-refractivity contribution in [1.82, 2.24) is 4.98 Å². The number of fused-ring (bicyclic) bond motifs is 2. The number of hydrogen-bond donors (Lipinski definition) is 2. The Bertz CT molecular complexity index is 1050. The van der Waals surface area contributed by atoms with Crippen LogP contribution in [0.25, 0.3) is 32.7 Å². The van der Waals surface area contributed by atoms with Gasteiger partial charge in [-0.15, -0.1) is 0 Å². The van der Waals surface area contributed by atoms with Crippen molar-refractivity contribution in [3.8, 4) is 22.6 Å². The van der Waals surface area contributed by atoms with Gasteiger partial charge in [-0.1, -0.05) is 43.7 Å². The molecule has 0 aliphatic rings. The molecule has 0 saturated heterocycles. The second-order valence-corrected chi connectivity index (χ2v) is 5.74. The minimum absolute atomic E-state index is 0.145. The topological polar surface area (TPSA) is 53.4 Å². The fraction of sp³-hybridized carbons (Fsp3) is 0.136. The van der Waals surface area contributed by atoms with Crippen molar-refractivity contribution < 1.29 is 10.2 Å². The van der Waals surface area contributed by atoms with Crippen LogP contribution in [0.3, 0.4) is 0 Å². The van der Waals surface area contributed by atoms with Crippen LogP contribution in [0.15, 0.2) is 60.9 Å². The molecule has 1 aromatic heterocycles. The molecule has 4 rings (SSSR count). The molecular formula is C22H21NO2. The van der Waals surface area contributed by atoms with E-state index in [1.54, 1.807) is 24.5 Å². The molecule has 3 aromatic carbocycles. The van der Waals surface area contributed by atoms with Crippen LogP contribution < -0.4 is 0 Å². The Kier molecular flexibility index (Phi) is 4.57. The first-order valence-corrected chi connectivity index (χ1v) is 8.43. The SMILES string of the molecule is CC.Cc1ccc2c(-c3c(O)ccc4cnccc34)c(O)ccc2c1. The summed E-state index contributed by atoms with van der Waals surface area (Å²) in [5.74, 6) is 0.299. The van der Waals surface area contributed by atoms with Crippen LogP contribution in [0, 0.1) is 6.92 Å². The lowest BCUT2D eigenvalue weighted by Crippen LogP contribution is -1.88. The van der Waals surface area contributed by atoms with E-state index in [2.05, 4.69) is 11.1 Å². The highest BCUT2D eigenvalue weighted by Crippen LogP contribution is 2.44. The van der Waals surface area contributed by atoms with E-state index in [1.807, 2.05) is 51.1 Å². The fourth-order valence-corrected chi connectivity index (χ4v) is 3.12. The highest BCUT2D eigenvalue weighted by atomic mass is 16.3. The molecule has 0 spiro atoms. The van der Waals surface area contributed by atoms with Crippen LogP contribution in [0.4, 0.5) is 0 Å². The molecule has 3 nitrogen and oxygen atoms in total. The maximum absolute atomic E-state index is 10.5. The van der Waals surface area contributed by atoms with Gasteiger partial charge in [0.15, 0.2) is 0 Å². The van der Waals surface area contributed by atoms with Gasteiger partial charge < -0.3 is 10.2 Å². The van der Waals surface area contributed by atoms with Gasteiger partial charge in [0.25, 0.3) is 0 Å². The zero-order valence-corrected chi connectivity index (χ0v) is 14.6. The number of aryl methyl sites for hydroxylation is 1. The van der Waals surface area contributed by atoms with E-state index in [0.29, 0.717) is 11.1 Å². The lowest BCUT2D eigenvalue weighted by Gasteiger charge is -2.14. The summed E-state index contributed by atoms with van der Waals surface area (Å²) < 4.78 is 0. The summed E-state index contributed by atoms with van der Waals surface area (Å²) in [5.41, 5.74) is 2.44. The van der Waals surface area contributed by atoms with E-state index in [4.69, 9.17) is 0 Å². The van der Waals surface area contributed by atoms with Gasteiger partial charge in [-0.25, -0.2) is 0 Å². The van der Waals surface area contributed by atoms with Crippen molar-refractivity contribution in [2.45, 2.75) is 20.8 Å². The Morgan fingerprint density at radius 2 is 1.32 bits per heavy atom. The smallest absolute Gasteiger partial charge is 0.124 e. The predicted molar refractivity (Wildman–Crippen MR) is 104 cm³/mol. The second kappa shape index (κ2) is 6.81. The van der Waals surface area contributed by atoms with Crippen LogP contribution in [0.5, 0.6) is 11.5 Å². The predicted octanol–water partition coefficient (Wildman–Crippen LogP) is 5.80. The van der Waals surface area contributed by atoms with E-state index in [9.17, 15) is 10.2 Å². The summed E-state index contributed by atoms with van der Waals surface area (Å²) in [5, 5.41) is 24.7. The van der Waals surface area contributed by atoms with Crippen molar-refractivity contribution in [2.75, 3.05) is 0 Å². The molecule has 126 valence electrons. The summed E-state index contributed by atoms with van der Waals surface area (Å²) in [6.07, 6.45) is 3.45. The normalized spacial score (nSPS) is 10.5. The Morgan fingerprint density at radius 1 is 0.720 bits per heavy atom. The van der Waals surface area contributed by atoms with E-state index in [-0.39, 0.29) is 11.5 Å². The van der Waals surface area contributed by atoms with E-state index >= 15 is 0 Å². The Balaban J connectivity index is 0.000000880. The molecule has 0 radical (unpaired) electrons. The van der Waals surface area contributed by atoms with Gasteiger partial charge in [-0.05, 0) is 47.3 Å². The van der Waals surface area contributed by atoms with Gasteiger partial charge in [0.1, 0.15) is 11.5 Å². The van der Waals surface area contributed by atoms with Crippen LogP contribution >= 0.6 is 0 Å². The van der Waals surface area contributed by atoms with Gasteiger partial charge >= 0.3 is 0 Å². The standard InChI is InChI=1S/C20H15NO2.C2H6/c1-12-2-5-15-13(10-12)3-6-17(22)19(15)20-16-8-9-21-11-14(16)4-7-18(20)23;1-2/h2-11,22-23H,1H3;1-2H3. The number of rotatable bonds is 1. The Morgan fingerprint density at radius 3 is 2.00 bits per heavy atom. The minimum atomic E-state index is 0.145. The molecule has 2 N–H and O–H groups in total. The van der Waals surface area contributed by atoms with Crippen LogP contribution in [-0.2, 0) is 0 Å². The zero-order chi connectivity index (χ0) is 18.0. The molecule has 0 saturated carbocycles. The summed E-state index contributed by atoms with van der Waals surface area (Å²) >= 11 is 0. The molecule has 3 heteroatoms. The van der Waals surface area contributed by atoms with Crippen molar-refractivity contribution in [2.24, 2.45) is 0 Å². The number of aromatic hydroxyl groups is 2. The first kappa shape index (κ1) is 16.8. The number of benzene rings is 3. The van der Waals surface area contributed by atoms with Gasteiger partial charge in [-0.2, -0.15) is 0 Å². The number of phenolic OH excluding ortho intramolecular Hbond substituents is 2. The van der Waals surface area contributed by atoms with Crippen molar-refractivity contribution >= 4 is 21.5 Å². The highest BCUT2D eigenvalue weighted by molar-refractivity contribution is 6.09. The van der Waals surface area contributed by atoms with E-state index < -0.39 is 0 Å². The average molecular weight is 331 g/mol. The molecule has 0 aliphatic carbocycles. The maximum atomic E-state index is 10.5. The van der Waals surface area contributed by atoms with E-state index in [0.717, 1.165) is 27.1 Å². The fourth-order valence-electron chi connectivity index (χ4n) is 3.12. The van der Waals surface area contributed by atoms with Crippen LogP contribution in [0.1, 0.15) is 19.4 Å². The molecule has 4 aromatic rings. The number of pyridine rings is 1. The highest BCUT2D eigenvalue weighted by Gasteiger charge is 2.16. The minimum Gasteiger partial charge on any atom is -0.507 e. The molecule has 0 unspecified atom stereocenters. The van der Waals surface area contributed by atoms with Crippen molar-refractivity contribution in [1.29, 1.82) is 0 Å². The third-order valence-electron chi connectivity index (χ3n) is 4.20. The molecule has 0 aliphatic heterocycles. The molecule has 0 fully saturated rings. The summed E-state index contributed by atoms with van der Waals surface area (Å²) in [7, 11) is 0. The molecule has 0 amide bonds. The molecule has 1 heterocycles. The number of aromatic nitrogens is 1. The number of hydrogen-bond acceptors (Lipinski definition) is 3. The number of phenols is 2. The zero-order valence-electron chi connectivity index (χ0n) is 14.6. The van der Waals surface area contributed by atoms with Crippen molar-refractivity contribution in [3.05, 3.63) is 66.5 Å². The third kappa shape index (κ3) is 2.89. The Hall–Kier alpha value is -3.07. The van der Waals surface area contributed by atoms with Crippen LogP contribution in [0.2, 0.25) is 0 Å². The molecule has 25 heavy (non-hydrogen) atoms. The average Bonchev–Trinajstić information content (AvgIpc) is 2.64. The van der Waals surface area contributed by atoms with Crippen molar-refractivity contribution in [3.63, 3.8) is 0 Å². The lowest BCUT2D eigenvalue weighted by molar-refractivity contribution is 0.470. The first-order valence-electron chi connectivity index (χ1n) is 8.43. The van der Waals surface area contributed by atoms with Crippen LogP contribution in [-0.4, -0.2) is 15.2 Å². The monoisotopic (exact) mass is 331 g/mol. The molecule has 0 bridgehead atoms. The van der Waals surface area contributed by atoms with Gasteiger partial charge in [0.2, 0.25) is 0 Å². The summed E-state index contributed by atoms with van der Waals surface area (Å²) in [6, 6.07) is 15.0. The third-order valence-corrected chi connectivity index (χ3v) is 4.20. The molecular weight excluding hydrogens is 310 g/mol. The van der Waals surface area contributed by atoms with Gasteiger partial charge in [0, 0.05) is 28.9 Å².